The Bertz CT molecular complexity index is 2420. The zero-order valence-corrected chi connectivity index (χ0v) is 37.9. The minimum absolute atomic E-state index is 0.0222. The van der Waals surface area contributed by atoms with Crippen molar-refractivity contribution >= 4 is 44.9 Å². The van der Waals surface area contributed by atoms with E-state index in [4.69, 9.17) is 25.8 Å². The highest BCUT2D eigenvalue weighted by atomic mass is 35.5. The molecule has 3 fully saturated rings. The van der Waals surface area contributed by atoms with Crippen LogP contribution in [0.15, 0.2) is 59.1 Å². The molecule has 1 aromatic heterocycles. The average molecular weight is 905 g/mol. The molecule has 63 heavy (non-hydrogen) atoms. The molecule has 6 aliphatic rings. The van der Waals surface area contributed by atoms with E-state index in [0.717, 1.165) is 45.2 Å². The number of carbonyl (C=O) groups is 3. The lowest BCUT2D eigenvalue weighted by atomic mass is 9.63. The van der Waals surface area contributed by atoms with Gasteiger partial charge in [0.1, 0.15) is 21.2 Å². The predicted octanol–water partition coefficient (Wildman–Crippen LogP) is 4.79. The van der Waals surface area contributed by atoms with Crippen LogP contribution in [0.25, 0.3) is 0 Å². The summed E-state index contributed by atoms with van der Waals surface area (Å²) in [5.74, 6) is -1.65. The van der Waals surface area contributed by atoms with Crippen LogP contribution in [0.4, 0.5) is 5.69 Å². The third-order valence-electron chi connectivity index (χ3n) is 14.2. The fourth-order valence-corrected chi connectivity index (χ4v) is 12.8. The van der Waals surface area contributed by atoms with Gasteiger partial charge < -0.3 is 29.1 Å². The number of anilines is 1. The Morgan fingerprint density at radius 2 is 1.92 bits per heavy atom. The molecule has 338 valence electrons. The number of nitrogens with zero attached hydrogens (tertiary/aromatic N) is 6. The molecule has 9 rings (SSSR count). The maximum absolute atomic E-state index is 14.9. The zero-order chi connectivity index (χ0) is 44.1. The molecule has 1 saturated carbocycles. The molecule has 17 heteroatoms. The number of allylic oxidation sites excluding steroid dienone is 1. The van der Waals surface area contributed by atoms with Gasteiger partial charge in [0.05, 0.1) is 50.4 Å². The summed E-state index contributed by atoms with van der Waals surface area (Å²) in [5, 5.41) is 17.7. The summed E-state index contributed by atoms with van der Waals surface area (Å²) in [6.45, 7) is 7.73. The Morgan fingerprint density at radius 3 is 2.68 bits per heavy atom. The van der Waals surface area contributed by atoms with Crippen LogP contribution >= 0.6 is 11.6 Å². The fraction of sp³-hybridized carbons (Fsp3) is 0.565. The molecule has 1 unspecified atom stereocenters. The van der Waals surface area contributed by atoms with Crippen molar-refractivity contribution < 1.29 is 37.9 Å². The summed E-state index contributed by atoms with van der Waals surface area (Å²) in [4.78, 5) is 48.6. The summed E-state index contributed by atoms with van der Waals surface area (Å²) >= 11 is 6.52. The van der Waals surface area contributed by atoms with Crippen LogP contribution in [0.2, 0.25) is 5.02 Å². The van der Waals surface area contributed by atoms with Crippen molar-refractivity contribution in [2.75, 3.05) is 76.9 Å². The highest BCUT2D eigenvalue weighted by Crippen LogP contribution is 2.49. The first-order valence-electron chi connectivity index (χ1n) is 22.2. The van der Waals surface area contributed by atoms with Crippen LogP contribution in [0, 0.1) is 17.8 Å². The number of fused-ring (bicyclic) bond motifs is 4. The van der Waals surface area contributed by atoms with Crippen molar-refractivity contribution in [3.63, 3.8) is 0 Å². The summed E-state index contributed by atoms with van der Waals surface area (Å²) in [6.07, 6.45) is 9.73. The van der Waals surface area contributed by atoms with Crippen molar-refractivity contribution in [1.29, 1.82) is 0 Å². The number of aryl methyl sites for hydroxylation is 2. The molecule has 2 aromatic carbocycles. The van der Waals surface area contributed by atoms with E-state index in [1.807, 2.05) is 24.0 Å². The monoisotopic (exact) mass is 903 g/mol. The first-order chi connectivity index (χ1) is 30.2. The summed E-state index contributed by atoms with van der Waals surface area (Å²) in [6, 6.07) is 11.6. The van der Waals surface area contributed by atoms with Gasteiger partial charge in [0.15, 0.2) is 0 Å². The number of aromatic nitrogens is 2. The van der Waals surface area contributed by atoms with Gasteiger partial charge in [-0.3, -0.25) is 28.7 Å². The number of nitrogens with one attached hydrogen (secondary N) is 1. The number of morpholine rings is 1. The van der Waals surface area contributed by atoms with E-state index >= 15 is 0 Å². The van der Waals surface area contributed by atoms with Gasteiger partial charge in [0, 0.05) is 74.6 Å². The van der Waals surface area contributed by atoms with Crippen molar-refractivity contribution in [3.8, 4) is 11.6 Å². The third kappa shape index (κ3) is 8.85. The molecule has 1 spiro atoms. The molecular weight excluding hydrogens is 846 g/mol. The van der Waals surface area contributed by atoms with Crippen molar-refractivity contribution in [3.05, 3.63) is 82.0 Å². The minimum Gasteiger partial charge on any atom is -0.490 e. The highest BCUT2D eigenvalue weighted by Gasteiger charge is 2.50. The second-order valence-corrected chi connectivity index (χ2v) is 21.0. The van der Waals surface area contributed by atoms with Crippen LogP contribution in [0.5, 0.6) is 11.6 Å². The first-order valence-corrected chi connectivity index (χ1v) is 24.3. The van der Waals surface area contributed by atoms with Gasteiger partial charge in [-0.2, -0.15) is 0 Å². The number of ether oxygens (including phenoxy) is 3. The molecule has 2 N–H and O–H groups in total. The van der Waals surface area contributed by atoms with E-state index in [1.165, 1.54) is 29.1 Å². The van der Waals surface area contributed by atoms with Crippen molar-refractivity contribution in [2.45, 2.75) is 68.9 Å². The topological polar surface area (TPSA) is 168 Å². The van der Waals surface area contributed by atoms with Crippen LogP contribution in [0.1, 0.15) is 77.3 Å². The van der Waals surface area contributed by atoms with Gasteiger partial charge in [-0.1, -0.05) is 36.7 Å². The van der Waals surface area contributed by atoms with E-state index < -0.39 is 32.7 Å². The lowest BCUT2D eigenvalue weighted by Crippen LogP contribution is -2.63. The number of rotatable bonds is 6. The van der Waals surface area contributed by atoms with Crippen LogP contribution in [0.3, 0.4) is 0 Å². The molecule has 2 aliphatic carbocycles. The SMILES string of the molecule is COc1nn(C)cc1C(=O)NS1(=O)=NC(=O)c2ccc3c(c2)N(C[C@@H]2CC[C@H]2[C@](O)(CC(=O)N2CC(N4CCOCC4)C2)/C=C/C[C@H](C)C1)C[C@@]1(CCCc2cc(Cl)ccc21)CO3. The Hall–Kier alpha value is -4.48. The molecule has 3 amide bonds. The van der Waals surface area contributed by atoms with Crippen LogP contribution < -0.4 is 19.1 Å². The van der Waals surface area contributed by atoms with E-state index in [0.29, 0.717) is 68.9 Å². The summed E-state index contributed by atoms with van der Waals surface area (Å²) in [5.41, 5.74) is 1.49. The van der Waals surface area contributed by atoms with E-state index in [2.05, 4.69) is 36.1 Å². The Labute approximate surface area is 374 Å². The molecule has 2 saturated heterocycles. The summed E-state index contributed by atoms with van der Waals surface area (Å²) < 4.78 is 40.7. The largest absolute Gasteiger partial charge is 0.490 e. The number of hydrogen-bond donors (Lipinski definition) is 2. The molecular formula is C46H58ClN7O8S. The molecule has 0 radical (unpaired) electrons. The number of halogens is 1. The average Bonchev–Trinajstić information content (AvgIpc) is 3.53. The van der Waals surface area contributed by atoms with E-state index in [-0.39, 0.29) is 58.9 Å². The number of carbonyl (C=O) groups excluding carboxylic acids is 3. The number of benzene rings is 2. The second-order valence-electron chi connectivity index (χ2n) is 18.6. The smallest absolute Gasteiger partial charge is 0.286 e. The first kappa shape index (κ1) is 43.8. The van der Waals surface area contributed by atoms with Gasteiger partial charge in [-0.25, -0.2) is 4.21 Å². The fourth-order valence-electron chi connectivity index (χ4n) is 10.7. The maximum atomic E-state index is 14.9. The predicted molar refractivity (Wildman–Crippen MR) is 239 cm³/mol. The van der Waals surface area contributed by atoms with E-state index in [1.54, 1.807) is 31.3 Å². The standard InChI is InChI=1S/C46H58ClN7O8S/c1-30-6-4-15-46(58,22-41(55)53-24-35(25-53)52-16-18-61-19-17-52)38-11-8-33(38)23-54-28-45(14-5-7-31-20-34(47)10-12-37(31)45)29-62-40-13-9-32(21-39(40)54)42(56)49-63(59,27-30)50-43(57)36-26-51(2)48-44(36)60-3/h4,9-10,12-13,15,20-21,26,30,33,35,38,58H,5-8,11,14,16-19,22-25,27-29H2,1-3H3,(H,49,50,56,57,59)/b15-4+/t30-,33-,38+,45-,46+,63?/m0/s1. The van der Waals surface area contributed by atoms with Gasteiger partial charge in [0.2, 0.25) is 11.8 Å². The normalized spacial score (nSPS) is 30.7. The van der Waals surface area contributed by atoms with Crippen LogP contribution in [-0.4, -0.2) is 130 Å². The third-order valence-corrected chi connectivity index (χ3v) is 16.4. The number of aliphatic hydroxyl groups is 1. The molecule has 15 nitrogen and oxygen atoms in total. The quantitative estimate of drug-likeness (QED) is 0.327. The molecule has 2 bridgehead atoms. The second kappa shape index (κ2) is 17.5. The zero-order valence-electron chi connectivity index (χ0n) is 36.3. The molecule has 5 heterocycles. The minimum atomic E-state index is -3.75. The number of methoxy groups -OCH3 is 1. The molecule has 4 aliphatic heterocycles. The van der Waals surface area contributed by atoms with Gasteiger partial charge in [-0.15, -0.1) is 9.46 Å². The van der Waals surface area contributed by atoms with E-state index in [9.17, 15) is 23.7 Å². The van der Waals surface area contributed by atoms with Gasteiger partial charge >= 0.3 is 0 Å². The Morgan fingerprint density at radius 1 is 1.11 bits per heavy atom. The Balaban J connectivity index is 1.08. The number of likely N-dealkylation sites (tertiary alicyclic amines) is 1. The molecule has 3 aromatic rings. The van der Waals surface area contributed by atoms with Crippen molar-refractivity contribution in [2.24, 2.45) is 29.2 Å². The maximum Gasteiger partial charge on any atom is 0.286 e. The lowest BCUT2D eigenvalue weighted by molar-refractivity contribution is -0.148. The number of hydrogen-bond acceptors (Lipinski definition) is 11. The van der Waals surface area contributed by atoms with Crippen molar-refractivity contribution in [1.82, 2.24) is 24.3 Å². The molecule has 6 atom stereocenters. The summed E-state index contributed by atoms with van der Waals surface area (Å²) in [7, 11) is -0.728. The van der Waals surface area contributed by atoms with Gasteiger partial charge in [0.25, 0.3) is 11.8 Å². The number of amides is 3. The van der Waals surface area contributed by atoms with Crippen LogP contribution in [-0.2, 0) is 38.3 Å². The Kier molecular flexibility index (Phi) is 12.1. The van der Waals surface area contributed by atoms with Gasteiger partial charge in [-0.05, 0) is 97.7 Å². The highest BCUT2D eigenvalue weighted by molar-refractivity contribution is 7.92. The lowest BCUT2D eigenvalue weighted by Gasteiger charge is -2.50.